The molecule has 0 spiro atoms. The molecule has 0 unspecified atom stereocenters. The molecule has 0 aliphatic carbocycles. The Morgan fingerprint density at radius 1 is 1.38 bits per heavy atom. The number of H-pyrrole nitrogens is 1. The van der Waals surface area contributed by atoms with Crippen LogP contribution in [0.25, 0.3) is 0 Å². The first-order valence-corrected chi connectivity index (χ1v) is 4.43. The zero-order valence-corrected chi connectivity index (χ0v) is 9.90. The number of nitrogens with zero attached hydrogens (tertiary/aromatic N) is 1. The van der Waals surface area contributed by atoms with E-state index in [1.807, 2.05) is 6.07 Å². The summed E-state index contributed by atoms with van der Waals surface area (Å²) in [5.74, 6) is -0.863. The first-order chi connectivity index (χ1) is 7.22. The van der Waals surface area contributed by atoms with Crippen molar-refractivity contribution >= 4 is 5.97 Å². The molecule has 0 bridgehead atoms. The van der Waals surface area contributed by atoms with Gasteiger partial charge in [-0.3, -0.25) is 0 Å². The summed E-state index contributed by atoms with van der Waals surface area (Å²) in [6, 6.07) is 6.92. The maximum absolute atomic E-state index is 10.4. The van der Waals surface area contributed by atoms with Crippen LogP contribution in [0.4, 0.5) is 0 Å². The standard InChI is InChI=1S/C8H8O2.C3H4N2.Mn/c1-6-4-2-3-5-7(6)8(9)10;1-2-5-3-4-1;/h2-5H,1H3,(H,9,10);1-3H,(H,4,5);. The molecule has 0 aliphatic rings. The van der Waals surface area contributed by atoms with E-state index < -0.39 is 5.97 Å². The fourth-order valence-corrected chi connectivity index (χ4v) is 1.03. The summed E-state index contributed by atoms with van der Waals surface area (Å²) < 4.78 is 0. The molecule has 0 saturated carbocycles. The van der Waals surface area contributed by atoms with Gasteiger partial charge < -0.3 is 10.1 Å². The van der Waals surface area contributed by atoms with Crippen molar-refractivity contribution in [2.45, 2.75) is 6.92 Å². The fraction of sp³-hybridized carbons (Fsp3) is 0.0909. The Morgan fingerprint density at radius 2 is 2.06 bits per heavy atom. The van der Waals surface area contributed by atoms with Crippen LogP contribution in [0.1, 0.15) is 15.9 Å². The summed E-state index contributed by atoms with van der Waals surface area (Å²) in [6.07, 6.45) is 5.08. The number of aromatic nitrogens is 2. The molecule has 0 saturated heterocycles. The Morgan fingerprint density at radius 3 is 2.38 bits per heavy atom. The summed E-state index contributed by atoms with van der Waals surface area (Å²) in [5, 5.41) is 8.57. The van der Waals surface area contributed by atoms with Crippen molar-refractivity contribution in [3.8, 4) is 0 Å². The number of aromatic carboxylic acids is 1. The topological polar surface area (TPSA) is 66.0 Å². The Bertz CT molecular complexity index is 398. The van der Waals surface area contributed by atoms with E-state index in [-0.39, 0.29) is 17.1 Å². The zero-order chi connectivity index (χ0) is 11.1. The third-order valence-corrected chi connectivity index (χ3v) is 1.78. The SMILES string of the molecule is Cc1ccccc1C(=O)O.[Mn].c1c[nH]cn1. The van der Waals surface area contributed by atoms with Crippen LogP contribution in [0.15, 0.2) is 43.0 Å². The second-order valence-electron chi connectivity index (χ2n) is 2.88. The maximum Gasteiger partial charge on any atom is 0.335 e. The van der Waals surface area contributed by atoms with Gasteiger partial charge in [-0.15, -0.1) is 0 Å². The van der Waals surface area contributed by atoms with Crippen LogP contribution in [0, 0.1) is 6.92 Å². The number of carboxylic acid groups (broad SMARTS) is 1. The fourth-order valence-electron chi connectivity index (χ4n) is 1.03. The molecular weight excluding hydrogens is 247 g/mol. The molecule has 1 aromatic heterocycles. The van der Waals surface area contributed by atoms with E-state index in [1.165, 1.54) is 0 Å². The minimum Gasteiger partial charge on any atom is -0.478 e. The maximum atomic E-state index is 10.4. The Hall–Kier alpha value is -1.58. The van der Waals surface area contributed by atoms with Crippen molar-refractivity contribution in [3.05, 3.63) is 54.1 Å². The molecule has 0 fully saturated rings. The van der Waals surface area contributed by atoms with E-state index in [0.717, 1.165) is 5.56 Å². The molecule has 0 amide bonds. The van der Waals surface area contributed by atoms with Gasteiger partial charge in [0.05, 0.1) is 11.9 Å². The van der Waals surface area contributed by atoms with Crippen LogP contribution < -0.4 is 0 Å². The minimum absolute atomic E-state index is 0. The van der Waals surface area contributed by atoms with Gasteiger partial charge in [-0.2, -0.15) is 0 Å². The van der Waals surface area contributed by atoms with Gasteiger partial charge >= 0.3 is 5.97 Å². The average molecular weight is 259 g/mol. The van der Waals surface area contributed by atoms with Crippen molar-refractivity contribution in [2.24, 2.45) is 0 Å². The van der Waals surface area contributed by atoms with Crippen molar-refractivity contribution in [2.75, 3.05) is 0 Å². The Labute approximate surface area is 104 Å². The number of hydrogen-bond acceptors (Lipinski definition) is 2. The van der Waals surface area contributed by atoms with Crippen LogP contribution in [0.5, 0.6) is 0 Å². The summed E-state index contributed by atoms with van der Waals surface area (Å²) >= 11 is 0. The van der Waals surface area contributed by atoms with E-state index in [2.05, 4.69) is 9.97 Å². The third kappa shape index (κ3) is 4.77. The first kappa shape index (κ1) is 14.4. The summed E-state index contributed by atoms with van der Waals surface area (Å²) in [6.45, 7) is 1.78. The summed E-state index contributed by atoms with van der Waals surface area (Å²) in [5.41, 5.74) is 1.18. The number of rotatable bonds is 1. The first-order valence-electron chi connectivity index (χ1n) is 4.43. The molecule has 1 radical (unpaired) electrons. The Kier molecular flexibility index (Phi) is 6.92. The minimum atomic E-state index is -0.863. The van der Waals surface area contributed by atoms with Gasteiger partial charge in [0.25, 0.3) is 0 Å². The van der Waals surface area contributed by atoms with Crippen molar-refractivity contribution < 1.29 is 27.0 Å². The number of hydrogen-bond donors (Lipinski definition) is 2. The van der Waals surface area contributed by atoms with Gasteiger partial charge in [0.15, 0.2) is 0 Å². The molecule has 5 heteroatoms. The van der Waals surface area contributed by atoms with E-state index >= 15 is 0 Å². The van der Waals surface area contributed by atoms with Gasteiger partial charge in [-0.05, 0) is 18.6 Å². The second kappa shape index (κ2) is 7.68. The molecular formula is C11H12MnN2O2. The van der Waals surface area contributed by atoms with Gasteiger partial charge in [0.1, 0.15) is 0 Å². The number of aryl methyl sites for hydroxylation is 1. The average Bonchev–Trinajstić information content (AvgIpc) is 2.75. The predicted molar refractivity (Wildman–Crippen MR) is 56.7 cm³/mol. The molecule has 1 heterocycles. The molecule has 2 rings (SSSR count). The third-order valence-electron chi connectivity index (χ3n) is 1.78. The molecule has 1 aromatic carbocycles. The van der Waals surface area contributed by atoms with Gasteiger partial charge in [-0.1, -0.05) is 18.2 Å². The predicted octanol–water partition coefficient (Wildman–Crippen LogP) is 2.10. The quantitative estimate of drug-likeness (QED) is 0.771. The normalized spacial score (nSPS) is 8.31. The monoisotopic (exact) mass is 259 g/mol. The number of aromatic amines is 1. The van der Waals surface area contributed by atoms with Crippen LogP contribution in [-0.2, 0) is 17.1 Å². The molecule has 16 heavy (non-hydrogen) atoms. The van der Waals surface area contributed by atoms with E-state index in [1.54, 1.807) is 43.8 Å². The largest absolute Gasteiger partial charge is 0.478 e. The molecule has 85 valence electrons. The van der Waals surface area contributed by atoms with Crippen LogP contribution in [-0.4, -0.2) is 21.0 Å². The molecule has 2 aromatic rings. The van der Waals surface area contributed by atoms with E-state index in [9.17, 15) is 4.79 Å². The number of benzene rings is 1. The van der Waals surface area contributed by atoms with Gasteiger partial charge in [0, 0.05) is 29.5 Å². The number of carboxylic acids is 1. The van der Waals surface area contributed by atoms with Crippen molar-refractivity contribution in [1.82, 2.24) is 9.97 Å². The van der Waals surface area contributed by atoms with Crippen LogP contribution in [0.2, 0.25) is 0 Å². The molecule has 2 N–H and O–H groups in total. The van der Waals surface area contributed by atoms with E-state index in [4.69, 9.17) is 5.11 Å². The van der Waals surface area contributed by atoms with Gasteiger partial charge in [0.2, 0.25) is 0 Å². The van der Waals surface area contributed by atoms with Crippen LogP contribution >= 0.6 is 0 Å². The molecule has 0 atom stereocenters. The van der Waals surface area contributed by atoms with Gasteiger partial charge in [-0.25, -0.2) is 9.78 Å². The van der Waals surface area contributed by atoms with Crippen molar-refractivity contribution in [3.63, 3.8) is 0 Å². The smallest absolute Gasteiger partial charge is 0.335 e. The number of carbonyl (C=O) groups is 1. The Balaban J connectivity index is 0.000000318. The number of nitrogens with one attached hydrogen (secondary N) is 1. The molecule has 0 aliphatic heterocycles. The number of imidazole rings is 1. The zero-order valence-electron chi connectivity index (χ0n) is 8.72. The summed E-state index contributed by atoms with van der Waals surface area (Å²) in [7, 11) is 0. The van der Waals surface area contributed by atoms with Crippen LogP contribution in [0.3, 0.4) is 0 Å². The molecule has 4 nitrogen and oxygen atoms in total. The van der Waals surface area contributed by atoms with Crippen molar-refractivity contribution in [1.29, 1.82) is 0 Å². The second-order valence-corrected chi connectivity index (χ2v) is 2.88. The van der Waals surface area contributed by atoms with E-state index in [0.29, 0.717) is 5.56 Å². The summed E-state index contributed by atoms with van der Waals surface area (Å²) in [4.78, 5) is 16.8.